The minimum Gasteiger partial charge on any atom is -0.368 e. The first-order valence-electron chi connectivity index (χ1n) is 2.64. The Hall–Kier alpha value is -0.970. The highest BCUT2D eigenvalue weighted by atomic mass is 31.2. The molecule has 0 saturated heterocycles. The van der Waals surface area contributed by atoms with Gasteiger partial charge in [0.25, 0.3) is 0 Å². The third kappa shape index (κ3) is 1.98. The summed E-state index contributed by atoms with van der Waals surface area (Å²) in [5.74, 6) is -0.0119. The van der Waals surface area contributed by atoms with E-state index < -0.39 is 7.60 Å². The molecule has 60 valence electrons. The Balaban J connectivity index is 3.09. The monoisotopic (exact) mass is 175 g/mol. The first-order valence-corrected chi connectivity index (χ1v) is 4.25. The average Bonchev–Trinajstić information content (AvgIpc) is 1.86. The molecule has 1 rings (SSSR count). The zero-order valence-corrected chi connectivity index (χ0v) is 6.27. The molecule has 4 N–H and O–H groups in total. The second-order valence-corrected chi connectivity index (χ2v) is 3.45. The first-order chi connectivity index (χ1) is 5.00. The van der Waals surface area contributed by atoms with Crippen molar-refractivity contribution in [3.05, 3.63) is 12.4 Å². The van der Waals surface area contributed by atoms with Crippen molar-refractivity contribution in [2.45, 2.75) is 0 Å². The van der Waals surface area contributed by atoms with Crippen molar-refractivity contribution in [3.8, 4) is 0 Å². The van der Waals surface area contributed by atoms with Crippen molar-refractivity contribution < 1.29 is 14.4 Å². The molecule has 1 aromatic heterocycles. The van der Waals surface area contributed by atoms with Gasteiger partial charge in [-0.15, -0.1) is 0 Å². The number of hydrogen-bond acceptors (Lipinski definition) is 4. The fraction of sp³-hybridized carbons (Fsp3) is 0. The third-order valence-corrected chi connectivity index (χ3v) is 1.90. The highest BCUT2D eigenvalue weighted by Crippen LogP contribution is 2.31. The average molecular weight is 175 g/mol. The minimum absolute atomic E-state index is 0.0119. The fourth-order valence-electron chi connectivity index (χ4n) is 0.482. The SMILES string of the molecule is Nc1ncc(P(=O)(O)O)cn1. The first kappa shape index (κ1) is 8.13. The van der Waals surface area contributed by atoms with Gasteiger partial charge in [-0.25, -0.2) is 9.97 Å². The Morgan fingerprint density at radius 3 is 2.18 bits per heavy atom. The minimum atomic E-state index is -4.22. The molecule has 0 spiro atoms. The lowest BCUT2D eigenvalue weighted by Gasteiger charge is -2.00. The topological polar surface area (TPSA) is 109 Å². The lowest BCUT2D eigenvalue weighted by Crippen LogP contribution is -2.07. The summed E-state index contributed by atoms with van der Waals surface area (Å²) < 4.78 is 10.5. The number of anilines is 1. The van der Waals surface area contributed by atoms with Gasteiger partial charge >= 0.3 is 7.60 Å². The van der Waals surface area contributed by atoms with Gasteiger partial charge in [0.2, 0.25) is 5.95 Å². The quantitative estimate of drug-likeness (QED) is 0.465. The van der Waals surface area contributed by atoms with Gasteiger partial charge in [-0.2, -0.15) is 0 Å². The summed E-state index contributed by atoms with van der Waals surface area (Å²) >= 11 is 0. The molecule has 0 aromatic carbocycles. The molecule has 0 aliphatic rings. The number of rotatable bonds is 1. The van der Waals surface area contributed by atoms with Crippen molar-refractivity contribution in [1.29, 1.82) is 0 Å². The molecular weight excluding hydrogens is 169 g/mol. The number of hydrogen-bond donors (Lipinski definition) is 3. The largest absolute Gasteiger partial charge is 0.368 e. The lowest BCUT2D eigenvalue weighted by molar-refractivity contribution is 0.387. The zero-order valence-electron chi connectivity index (χ0n) is 5.38. The maximum atomic E-state index is 10.5. The predicted molar refractivity (Wildman–Crippen MR) is 38.1 cm³/mol. The van der Waals surface area contributed by atoms with Gasteiger partial charge in [0.15, 0.2) is 0 Å². The molecule has 0 unspecified atom stereocenters. The van der Waals surface area contributed by atoms with Gasteiger partial charge in [0.05, 0.1) is 0 Å². The molecule has 1 aromatic rings. The molecule has 0 amide bonds. The van der Waals surface area contributed by atoms with E-state index in [0.29, 0.717) is 0 Å². The normalized spacial score (nSPS) is 11.5. The molecule has 1 heterocycles. The van der Waals surface area contributed by atoms with Crippen molar-refractivity contribution >= 4 is 18.8 Å². The highest BCUT2D eigenvalue weighted by molar-refractivity contribution is 7.60. The summed E-state index contributed by atoms with van der Waals surface area (Å²) in [6.07, 6.45) is 2.01. The second kappa shape index (κ2) is 2.58. The van der Waals surface area contributed by atoms with E-state index in [-0.39, 0.29) is 11.3 Å². The summed E-state index contributed by atoms with van der Waals surface area (Å²) in [6, 6.07) is 0. The van der Waals surface area contributed by atoms with Crippen LogP contribution in [-0.4, -0.2) is 19.8 Å². The maximum Gasteiger partial charge on any atom is 0.359 e. The molecule has 0 aliphatic heterocycles. The maximum absolute atomic E-state index is 10.5. The summed E-state index contributed by atoms with van der Waals surface area (Å²) in [5.41, 5.74) is 5.09. The van der Waals surface area contributed by atoms with Crippen LogP contribution in [0.3, 0.4) is 0 Å². The van der Waals surface area contributed by atoms with E-state index in [2.05, 4.69) is 9.97 Å². The Labute approximate surface area is 62.3 Å². The Morgan fingerprint density at radius 1 is 1.36 bits per heavy atom. The van der Waals surface area contributed by atoms with Gasteiger partial charge in [0, 0.05) is 12.4 Å². The zero-order chi connectivity index (χ0) is 8.48. The van der Waals surface area contributed by atoms with E-state index in [1.165, 1.54) is 0 Å². The van der Waals surface area contributed by atoms with Crippen LogP contribution in [-0.2, 0) is 4.57 Å². The van der Waals surface area contributed by atoms with Crippen LogP contribution in [0, 0.1) is 0 Å². The molecular formula is C4H6N3O3P. The van der Waals surface area contributed by atoms with Crippen LogP contribution in [0.25, 0.3) is 0 Å². The van der Waals surface area contributed by atoms with Crippen LogP contribution in [0.2, 0.25) is 0 Å². The van der Waals surface area contributed by atoms with Crippen molar-refractivity contribution in [3.63, 3.8) is 0 Å². The molecule has 0 radical (unpaired) electrons. The van der Waals surface area contributed by atoms with Crippen LogP contribution in [0.5, 0.6) is 0 Å². The van der Waals surface area contributed by atoms with Crippen molar-refractivity contribution in [1.82, 2.24) is 9.97 Å². The predicted octanol–water partition coefficient (Wildman–Crippen LogP) is -1.14. The number of nitrogens with two attached hydrogens (primary N) is 1. The van der Waals surface area contributed by atoms with E-state index in [1.54, 1.807) is 0 Å². The molecule has 6 nitrogen and oxygen atoms in total. The summed E-state index contributed by atoms with van der Waals surface area (Å²) in [5, 5.41) is -0.230. The van der Waals surface area contributed by atoms with E-state index in [4.69, 9.17) is 15.5 Å². The van der Waals surface area contributed by atoms with E-state index >= 15 is 0 Å². The highest BCUT2D eigenvalue weighted by Gasteiger charge is 2.17. The molecule has 0 saturated carbocycles. The number of aromatic nitrogens is 2. The van der Waals surface area contributed by atoms with Gasteiger partial charge in [0.1, 0.15) is 5.30 Å². The summed E-state index contributed by atoms with van der Waals surface area (Å²) in [6.45, 7) is 0. The van der Waals surface area contributed by atoms with Gasteiger partial charge < -0.3 is 15.5 Å². The Kier molecular flexibility index (Phi) is 1.90. The molecule has 0 atom stereocenters. The van der Waals surface area contributed by atoms with Crippen molar-refractivity contribution in [2.24, 2.45) is 0 Å². The molecule has 7 heteroatoms. The standard InChI is InChI=1S/C4H6N3O3P/c5-4-6-1-3(2-7-4)11(8,9)10/h1-2H,(H2,5,6,7)(H2,8,9,10). The Morgan fingerprint density at radius 2 is 1.82 bits per heavy atom. The molecule has 0 bridgehead atoms. The second-order valence-electron chi connectivity index (χ2n) is 1.84. The molecule has 0 fully saturated rings. The van der Waals surface area contributed by atoms with Crippen LogP contribution >= 0.6 is 7.60 Å². The van der Waals surface area contributed by atoms with Crippen LogP contribution < -0.4 is 11.0 Å². The van der Waals surface area contributed by atoms with Gasteiger partial charge in [-0.3, -0.25) is 4.57 Å². The fourth-order valence-corrected chi connectivity index (χ4v) is 0.898. The van der Waals surface area contributed by atoms with Gasteiger partial charge in [-0.05, 0) is 0 Å². The lowest BCUT2D eigenvalue weighted by atomic mass is 10.7. The summed E-state index contributed by atoms with van der Waals surface area (Å²) in [4.78, 5) is 24.0. The smallest absolute Gasteiger partial charge is 0.359 e. The number of nitrogen functional groups attached to an aromatic ring is 1. The van der Waals surface area contributed by atoms with Crippen LogP contribution in [0.15, 0.2) is 12.4 Å². The van der Waals surface area contributed by atoms with Crippen molar-refractivity contribution in [2.75, 3.05) is 5.73 Å². The van der Waals surface area contributed by atoms with Crippen LogP contribution in [0.4, 0.5) is 5.95 Å². The molecule has 0 aliphatic carbocycles. The van der Waals surface area contributed by atoms with E-state index in [0.717, 1.165) is 12.4 Å². The third-order valence-electron chi connectivity index (χ3n) is 0.995. The van der Waals surface area contributed by atoms with E-state index in [1.807, 2.05) is 0 Å². The van der Waals surface area contributed by atoms with Gasteiger partial charge in [-0.1, -0.05) is 0 Å². The Bertz CT molecular complexity index is 292. The van der Waals surface area contributed by atoms with E-state index in [9.17, 15) is 4.57 Å². The van der Waals surface area contributed by atoms with Crippen LogP contribution in [0.1, 0.15) is 0 Å². The summed E-state index contributed by atoms with van der Waals surface area (Å²) in [7, 11) is -4.22. The number of nitrogens with zero attached hydrogens (tertiary/aromatic N) is 2. The molecule has 11 heavy (non-hydrogen) atoms.